The van der Waals surface area contributed by atoms with E-state index in [2.05, 4.69) is 25.7 Å². The maximum atomic E-state index is 14.3. The summed E-state index contributed by atoms with van der Waals surface area (Å²) in [4.78, 5) is 18.4. The van der Waals surface area contributed by atoms with E-state index in [4.69, 9.17) is 16.3 Å². The second kappa shape index (κ2) is 13.8. The third kappa shape index (κ3) is 7.44. The molecule has 3 atom stereocenters. The van der Waals surface area contributed by atoms with E-state index in [0.717, 1.165) is 49.1 Å². The standard InChI is InChI=1S/C31H42ClN3O3S/c1-5-23(2)35(28-11-7-6-8-12-28)31(36)30(38-29-13-9-10-14-29)25(4)34-20-19-33(21-24(34)3)39(37)22-26-15-17-27(32)18-16-26/h6-8,11-12,15-18,23-24,29H,5,9-10,13-14,19-22H2,1-4H3/b30-25-/t23?,24-,39?/m1/s1. The Morgan fingerprint density at radius 2 is 1.77 bits per heavy atom. The molecule has 1 aliphatic carbocycles. The van der Waals surface area contributed by atoms with Crippen molar-refractivity contribution >= 4 is 34.2 Å². The van der Waals surface area contributed by atoms with Gasteiger partial charge in [-0.3, -0.25) is 4.79 Å². The lowest BCUT2D eigenvalue weighted by Gasteiger charge is -2.42. The number of ether oxygens (including phenoxy) is 1. The van der Waals surface area contributed by atoms with Crippen LogP contribution in [0.1, 0.15) is 65.4 Å². The Morgan fingerprint density at radius 3 is 2.38 bits per heavy atom. The van der Waals surface area contributed by atoms with E-state index in [1.165, 1.54) is 0 Å². The van der Waals surface area contributed by atoms with E-state index >= 15 is 0 Å². The average Bonchev–Trinajstić information content (AvgIpc) is 3.46. The summed E-state index contributed by atoms with van der Waals surface area (Å²) in [6.45, 7) is 10.3. The van der Waals surface area contributed by atoms with Gasteiger partial charge in [-0.2, -0.15) is 0 Å². The molecule has 212 valence electrons. The topological polar surface area (TPSA) is 53.1 Å². The normalized spacial score (nSPS) is 20.8. The molecule has 1 heterocycles. The Hall–Kier alpha value is -2.35. The van der Waals surface area contributed by atoms with Crippen molar-refractivity contribution < 1.29 is 13.7 Å². The van der Waals surface area contributed by atoms with Gasteiger partial charge in [0.25, 0.3) is 5.91 Å². The van der Waals surface area contributed by atoms with Crippen molar-refractivity contribution in [3.63, 3.8) is 0 Å². The van der Waals surface area contributed by atoms with E-state index in [1.54, 1.807) is 0 Å². The van der Waals surface area contributed by atoms with Gasteiger partial charge in [0.05, 0.1) is 28.5 Å². The van der Waals surface area contributed by atoms with Crippen LogP contribution in [0.4, 0.5) is 5.69 Å². The van der Waals surface area contributed by atoms with E-state index < -0.39 is 11.0 Å². The second-order valence-electron chi connectivity index (χ2n) is 10.7. The van der Waals surface area contributed by atoms with Crippen LogP contribution in [0, 0.1) is 0 Å². The molecular formula is C31H42ClN3O3S. The van der Waals surface area contributed by atoms with Crippen molar-refractivity contribution in [1.29, 1.82) is 0 Å². The Morgan fingerprint density at radius 1 is 1.10 bits per heavy atom. The number of piperazine rings is 1. The Bertz CT molecular complexity index is 1150. The van der Waals surface area contributed by atoms with E-state index in [0.29, 0.717) is 36.2 Å². The molecule has 2 unspecified atom stereocenters. The fourth-order valence-corrected chi connectivity index (χ4v) is 6.92. The minimum atomic E-state index is -1.13. The van der Waals surface area contributed by atoms with Crippen molar-refractivity contribution in [2.24, 2.45) is 0 Å². The first-order valence-electron chi connectivity index (χ1n) is 14.2. The van der Waals surface area contributed by atoms with Crippen molar-refractivity contribution in [3.05, 3.63) is 76.6 Å². The fourth-order valence-electron chi connectivity index (χ4n) is 5.47. The average molecular weight is 572 g/mol. The molecule has 39 heavy (non-hydrogen) atoms. The molecule has 4 rings (SSSR count). The Labute approximate surface area is 241 Å². The van der Waals surface area contributed by atoms with Crippen LogP contribution in [0.3, 0.4) is 0 Å². The van der Waals surface area contributed by atoms with Gasteiger partial charge in [0, 0.05) is 42.4 Å². The summed E-state index contributed by atoms with van der Waals surface area (Å²) in [5, 5.41) is 0.679. The van der Waals surface area contributed by atoms with Crippen molar-refractivity contribution in [1.82, 2.24) is 9.21 Å². The number of amides is 1. The summed E-state index contributed by atoms with van der Waals surface area (Å²) in [6.07, 6.45) is 5.13. The number of carbonyl (C=O) groups excluding carboxylic acids is 1. The van der Waals surface area contributed by atoms with Crippen LogP contribution >= 0.6 is 11.6 Å². The highest BCUT2D eigenvalue weighted by molar-refractivity contribution is 7.81. The zero-order valence-electron chi connectivity index (χ0n) is 23.6. The number of rotatable bonds is 10. The molecule has 1 amide bonds. The first-order valence-corrected chi connectivity index (χ1v) is 15.8. The van der Waals surface area contributed by atoms with Crippen LogP contribution in [-0.4, -0.2) is 57.1 Å². The second-order valence-corrected chi connectivity index (χ2v) is 12.6. The molecule has 2 aromatic carbocycles. The zero-order valence-corrected chi connectivity index (χ0v) is 25.2. The Kier molecular flexibility index (Phi) is 10.5. The summed E-state index contributed by atoms with van der Waals surface area (Å²) in [6, 6.07) is 17.5. The molecule has 2 fully saturated rings. The van der Waals surface area contributed by atoms with Crippen LogP contribution < -0.4 is 4.90 Å². The van der Waals surface area contributed by atoms with Crippen LogP contribution in [-0.2, 0) is 26.3 Å². The molecule has 1 saturated heterocycles. The summed E-state index contributed by atoms with van der Waals surface area (Å²) >= 11 is 6.01. The predicted molar refractivity (Wildman–Crippen MR) is 161 cm³/mol. The molecule has 1 saturated carbocycles. The van der Waals surface area contributed by atoms with Crippen molar-refractivity contribution in [2.45, 2.75) is 83.7 Å². The minimum absolute atomic E-state index is 0.0273. The first-order chi connectivity index (χ1) is 18.8. The lowest BCUT2D eigenvalue weighted by molar-refractivity contribution is -0.120. The van der Waals surface area contributed by atoms with E-state index in [-0.39, 0.29) is 24.1 Å². The monoisotopic (exact) mass is 571 g/mol. The van der Waals surface area contributed by atoms with Crippen molar-refractivity contribution in [3.8, 4) is 0 Å². The van der Waals surface area contributed by atoms with Gasteiger partial charge in [-0.1, -0.05) is 48.9 Å². The lowest BCUT2D eigenvalue weighted by atomic mass is 10.1. The van der Waals surface area contributed by atoms with Crippen LogP contribution in [0.15, 0.2) is 66.1 Å². The number of hydrogen-bond donors (Lipinski definition) is 0. The van der Waals surface area contributed by atoms with Crippen LogP contribution in [0.25, 0.3) is 0 Å². The number of halogens is 1. The number of nitrogens with zero attached hydrogens (tertiary/aromatic N) is 3. The first kappa shape index (κ1) is 29.6. The van der Waals surface area contributed by atoms with Gasteiger partial charge in [-0.05, 0) is 82.7 Å². The fraction of sp³-hybridized carbons (Fsp3) is 0.516. The number of benzene rings is 2. The number of anilines is 1. The maximum Gasteiger partial charge on any atom is 0.295 e. The molecule has 0 radical (unpaired) electrons. The highest BCUT2D eigenvalue weighted by atomic mass is 35.5. The highest BCUT2D eigenvalue weighted by Gasteiger charge is 2.34. The number of para-hydroxylation sites is 1. The summed E-state index contributed by atoms with van der Waals surface area (Å²) in [7, 11) is -1.13. The highest BCUT2D eigenvalue weighted by Crippen LogP contribution is 2.30. The summed E-state index contributed by atoms with van der Waals surface area (Å²) in [5.41, 5.74) is 2.76. The number of hydrogen-bond acceptors (Lipinski definition) is 4. The number of carbonyl (C=O) groups is 1. The van der Waals surface area contributed by atoms with Crippen molar-refractivity contribution in [2.75, 3.05) is 24.5 Å². The molecule has 0 spiro atoms. The molecule has 0 N–H and O–H groups in total. The van der Waals surface area contributed by atoms with Crippen LogP contribution in [0.5, 0.6) is 0 Å². The molecule has 2 aromatic rings. The lowest BCUT2D eigenvalue weighted by Crippen LogP contribution is -2.52. The maximum absolute atomic E-state index is 14.3. The molecule has 1 aliphatic heterocycles. The van der Waals surface area contributed by atoms with Gasteiger partial charge < -0.3 is 14.5 Å². The van der Waals surface area contributed by atoms with Gasteiger partial charge in [0.15, 0.2) is 0 Å². The molecular weight excluding hydrogens is 530 g/mol. The third-order valence-corrected chi connectivity index (χ3v) is 9.65. The van der Waals surface area contributed by atoms with E-state index in [1.807, 2.05) is 70.7 Å². The SMILES string of the molecule is CCC(C)N(C(=O)/C(OC1CCCC1)=C(\C)N1CCN(S(=O)Cc2ccc(Cl)cc2)C[C@H]1C)c1ccccc1. The summed E-state index contributed by atoms with van der Waals surface area (Å²) < 4.78 is 21.8. The molecule has 6 nitrogen and oxygen atoms in total. The van der Waals surface area contributed by atoms with E-state index in [9.17, 15) is 9.00 Å². The molecule has 8 heteroatoms. The number of allylic oxidation sites excluding steroid dienone is 1. The largest absolute Gasteiger partial charge is 0.483 e. The third-order valence-electron chi connectivity index (χ3n) is 7.91. The molecule has 0 bridgehead atoms. The Balaban J connectivity index is 1.56. The van der Waals surface area contributed by atoms with Gasteiger partial charge in [-0.25, -0.2) is 8.51 Å². The van der Waals surface area contributed by atoms with Gasteiger partial charge in [0.2, 0.25) is 5.76 Å². The van der Waals surface area contributed by atoms with Gasteiger partial charge >= 0.3 is 0 Å². The zero-order chi connectivity index (χ0) is 27.9. The minimum Gasteiger partial charge on any atom is -0.483 e. The van der Waals surface area contributed by atoms with Gasteiger partial charge in [-0.15, -0.1) is 0 Å². The molecule has 0 aromatic heterocycles. The molecule has 2 aliphatic rings. The van der Waals surface area contributed by atoms with Crippen LogP contribution in [0.2, 0.25) is 5.02 Å². The predicted octanol–water partition coefficient (Wildman–Crippen LogP) is 6.53. The summed E-state index contributed by atoms with van der Waals surface area (Å²) in [5.74, 6) is 0.836. The quantitative estimate of drug-likeness (QED) is 0.240. The van der Waals surface area contributed by atoms with Gasteiger partial charge in [0.1, 0.15) is 0 Å². The smallest absolute Gasteiger partial charge is 0.295 e.